The Morgan fingerprint density at radius 3 is 2.91 bits per heavy atom. The highest BCUT2D eigenvalue weighted by Gasteiger charge is 2.29. The normalized spacial score (nSPS) is 16.8. The average molecular weight is 299 g/mol. The molecule has 1 amide bonds. The first-order chi connectivity index (χ1) is 10.6. The van der Waals surface area contributed by atoms with Crippen molar-refractivity contribution < 1.29 is 14.3 Å². The molecule has 0 saturated carbocycles. The molecule has 0 radical (unpaired) electrons. The summed E-state index contributed by atoms with van der Waals surface area (Å²) in [5.41, 5.74) is 3.03. The molecule has 1 aromatic heterocycles. The maximum absolute atomic E-state index is 12.4. The average Bonchev–Trinajstić information content (AvgIpc) is 2.82. The second kappa shape index (κ2) is 5.63. The van der Waals surface area contributed by atoms with Gasteiger partial charge in [0.2, 0.25) is 5.91 Å². The standard InChI is InChI=1S/C16H17N3O3/c1-9-12(10(2)19-18-9)7-15(20)17-13-8-22-14-6-4-3-5-11(14)16(13)21/h3-6,13H,7-8H2,1-2H3,(H,17,20)(H,18,19)/t13-/m0/s1. The number of aromatic nitrogens is 2. The summed E-state index contributed by atoms with van der Waals surface area (Å²) in [6.07, 6.45) is 0.194. The molecule has 6 heteroatoms. The fourth-order valence-electron chi connectivity index (χ4n) is 2.58. The number of amides is 1. The van der Waals surface area contributed by atoms with Gasteiger partial charge >= 0.3 is 0 Å². The first-order valence-electron chi connectivity index (χ1n) is 7.12. The molecule has 1 aliphatic rings. The monoisotopic (exact) mass is 299 g/mol. The summed E-state index contributed by atoms with van der Waals surface area (Å²) in [5, 5.41) is 9.66. The minimum absolute atomic E-state index is 0.115. The second-order valence-corrected chi connectivity index (χ2v) is 5.38. The van der Waals surface area contributed by atoms with Gasteiger partial charge in [0.25, 0.3) is 0 Å². The van der Waals surface area contributed by atoms with Gasteiger partial charge in [-0.25, -0.2) is 0 Å². The molecule has 2 N–H and O–H groups in total. The van der Waals surface area contributed by atoms with E-state index in [-0.39, 0.29) is 24.7 Å². The molecule has 0 fully saturated rings. The number of fused-ring (bicyclic) bond motifs is 1. The number of H-pyrrole nitrogens is 1. The first-order valence-corrected chi connectivity index (χ1v) is 7.12. The van der Waals surface area contributed by atoms with Crippen LogP contribution in [-0.4, -0.2) is 34.5 Å². The molecule has 2 heterocycles. The molecule has 22 heavy (non-hydrogen) atoms. The van der Waals surface area contributed by atoms with Crippen molar-refractivity contribution in [2.45, 2.75) is 26.3 Å². The highest BCUT2D eigenvalue weighted by molar-refractivity contribution is 6.05. The van der Waals surface area contributed by atoms with Crippen molar-refractivity contribution in [1.29, 1.82) is 0 Å². The topological polar surface area (TPSA) is 84.1 Å². The van der Waals surface area contributed by atoms with Crippen LogP contribution in [-0.2, 0) is 11.2 Å². The number of hydrogen-bond donors (Lipinski definition) is 2. The number of nitrogens with zero attached hydrogens (tertiary/aromatic N) is 1. The lowest BCUT2D eigenvalue weighted by Crippen LogP contribution is -2.47. The highest BCUT2D eigenvalue weighted by Crippen LogP contribution is 2.24. The molecule has 0 bridgehead atoms. The van der Waals surface area contributed by atoms with Crippen LogP contribution < -0.4 is 10.1 Å². The number of carbonyl (C=O) groups excluding carboxylic acids is 2. The molecule has 0 spiro atoms. The third kappa shape index (κ3) is 2.59. The zero-order valence-corrected chi connectivity index (χ0v) is 12.5. The van der Waals surface area contributed by atoms with E-state index in [1.807, 2.05) is 19.9 Å². The number of nitrogens with one attached hydrogen (secondary N) is 2. The lowest BCUT2D eigenvalue weighted by molar-refractivity contribution is -0.121. The van der Waals surface area contributed by atoms with E-state index in [4.69, 9.17) is 4.74 Å². The Kier molecular flexibility index (Phi) is 3.66. The molecule has 2 aromatic rings. The van der Waals surface area contributed by atoms with E-state index in [1.54, 1.807) is 18.2 Å². The van der Waals surface area contributed by atoms with Crippen molar-refractivity contribution in [1.82, 2.24) is 15.5 Å². The van der Waals surface area contributed by atoms with Crippen LogP contribution in [0.1, 0.15) is 27.3 Å². The summed E-state index contributed by atoms with van der Waals surface area (Å²) in [5.74, 6) is 0.240. The Morgan fingerprint density at radius 2 is 2.18 bits per heavy atom. The molecule has 1 aliphatic heterocycles. The molecule has 1 atom stereocenters. The molecular formula is C16H17N3O3. The maximum Gasteiger partial charge on any atom is 0.225 e. The van der Waals surface area contributed by atoms with Crippen molar-refractivity contribution in [3.8, 4) is 5.75 Å². The molecule has 0 aliphatic carbocycles. The van der Waals surface area contributed by atoms with Gasteiger partial charge in [0.15, 0.2) is 5.78 Å². The van der Waals surface area contributed by atoms with E-state index in [2.05, 4.69) is 15.5 Å². The van der Waals surface area contributed by atoms with Crippen molar-refractivity contribution in [3.63, 3.8) is 0 Å². The Bertz CT molecular complexity index is 716. The summed E-state index contributed by atoms with van der Waals surface area (Å²) in [6, 6.07) is 6.41. The first kappa shape index (κ1) is 14.3. The van der Waals surface area contributed by atoms with Gasteiger partial charge in [-0.2, -0.15) is 5.10 Å². The Labute approximate surface area is 127 Å². The third-order valence-corrected chi connectivity index (χ3v) is 3.83. The molecule has 0 saturated heterocycles. The number of rotatable bonds is 3. The van der Waals surface area contributed by atoms with Crippen LogP contribution in [0, 0.1) is 13.8 Å². The number of carbonyl (C=O) groups is 2. The summed E-state index contributed by atoms with van der Waals surface area (Å²) in [7, 11) is 0. The van der Waals surface area contributed by atoms with Crippen molar-refractivity contribution in [3.05, 3.63) is 46.8 Å². The Balaban J connectivity index is 1.69. The quantitative estimate of drug-likeness (QED) is 0.895. The van der Waals surface area contributed by atoms with Gasteiger partial charge in [0.1, 0.15) is 18.4 Å². The minimum atomic E-state index is -0.644. The van der Waals surface area contributed by atoms with Crippen LogP contribution in [0.5, 0.6) is 5.75 Å². The number of Topliss-reactive ketones (excluding diaryl/α,β-unsaturated/α-hetero) is 1. The summed E-state index contributed by atoms with van der Waals surface area (Å²) in [6.45, 7) is 3.87. The van der Waals surface area contributed by atoms with E-state index < -0.39 is 6.04 Å². The molecule has 1 aromatic carbocycles. The zero-order chi connectivity index (χ0) is 15.7. The fourth-order valence-corrected chi connectivity index (χ4v) is 2.58. The number of benzene rings is 1. The van der Waals surface area contributed by atoms with Crippen LogP contribution >= 0.6 is 0 Å². The fraction of sp³-hybridized carbons (Fsp3) is 0.312. The number of para-hydroxylation sites is 1. The summed E-state index contributed by atoms with van der Waals surface area (Å²) < 4.78 is 5.54. The predicted molar refractivity (Wildman–Crippen MR) is 80.0 cm³/mol. The van der Waals surface area contributed by atoms with Crippen LogP contribution in [0.25, 0.3) is 0 Å². The zero-order valence-electron chi connectivity index (χ0n) is 12.5. The maximum atomic E-state index is 12.4. The third-order valence-electron chi connectivity index (χ3n) is 3.83. The number of ketones is 1. The molecule has 6 nitrogen and oxygen atoms in total. The number of hydrogen-bond acceptors (Lipinski definition) is 4. The number of ether oxygens (including phenoxy) is 1. The lowest BCUT2D eigenvalue weighted by Gasteiger charge is -2.24. The van der Waals surface area contributed by atoms with Gasteiger partial charge in [-0.1, -0.05) is 12.1 Å². The SMILES string of the molecule is Cc1n[nH]c(C)c1CC(=O)N[C@H]1COc2ccccc2C1=O. The molecule has 3 rings (SSSR count). The van der Waals surface area contributed by atoms with Crippen molar-refractivity contribution in [2.24, 2.45) is 0 Å². The van der Waals surface area contributed by atoms with E-state index in [9.17, 15) is 9.59 Å². The predicted octanol–water partition coefficient (Wildman–Crippen LogP) is 1.33. The highest BCUT2D eigenvalue weighted by atomic mass is 16.5. The second-order valence-electron chi connectivity index (χ2n) is 5.38. The number of aryl methyl sites for hydroxylation is 2. The van der Waals surface area contributed by atoms with E-state index in [0.717, 1.165) is 17.0 Å². The molecular weight excluding hydrogens is 282 g/mol. The minimum Gasteiger partial charge on any atom is -0.490 e. The van der Waals surface area contributed by atoms with Crippen molar-refractivity contribution in [2.75, 3.05) is 6.61 Å². The Hall–Kier alpha value is -2.63. The largest absolute Gasteiger partial charge is 0.490 e. The van der Waals surface area contributed by atoms with Crippen LogP contribution in [0.15, 0.2) is 24.3 Å². The van der Waals surface area contributed by atoms with Gasteiger partial charge in [0, 0.05) is 11.3 Å². The molecule has 114 valence electrons. The number of aromatic amines is 1. The van der Waals surface area contributed by atoms with Crippen LogP contribution in [0.2, 0.25) is 0 Å². The van der Waals surface area contributed by atoms with E-state index in [1.165, 1.54) is 0 Å². The molecule has 0 unspecified atom stereocenters. The van der Waals surface area contributed by atoms with Gasteiger partial charge < -0.3 is 10.1 Å². The smallest absolute Gasteiger partial charge is 0.225 e. The van der Waals surface area contributed by atoms with E-state index >= 15 is 0 Å². The van der Waals surface area contributed by atoms with Gasteiger partial charge in [-0.05, 0) is 26.0 Å². The van der Waals surface area contributed by atoms with Crippen LogP contribution in [0.3, 0.4) is 0 Å². The van der Waals surface area contributed by atoms with Crippen molar-refractivity contribution >= 4 is 11.7 Å². The summed E-state index contributed by atoms with van der Waals surface area (Å²) >= 11 is 0. The summed E-state index contributed by atoms with van der Waals surface area (Å²) in [4.78, 5) is 24.6. The Morgan fingerprint density at radius 1 is 1.41 bits per heavy atom. The van der Waals surface area contributed by atoms with Gasteiger partial charge in [0.05, 0.1) is 17.7 Å². The van der Waals surface area contributed by atoms with Crippen LogP contribution in [0.4, 0.5) is 0 Å². The van der Waals surface area contributed by atoms with Gasteiger partial charge in [-0.3, -0.25) is 14.7 Å². The van der Waals surface area contributed by atoms with Gasteiger partial charge in [-0.15, -0.1) is 0 Å². The van der Waals surface area contributed by atoms with E-state index in [0.29, 0.717) is 11.3 Å². The lowest BCUT2D eigenvalue weighted by atomic mass is 10.0.